The molecule has 1 amide bonds. The van der Waals surface area contributed by atoms with Crippen molar-refractivity contribution in [3.63, 3.8) is 0 Å². The number of amides is 1. The second kappa shape index (κ2) is 5.61. The number of methoxy groups -OCH3 is 1. The summed E-state index contributed by atoms with van der Waals surface area (Å²) >= 11 is 0. The van der Waals surface area contributed by atoms with Gasteiger partial charge in [-0.1, -0.05) is 0 Å². The van der Waals surface area contributed by atoms with Crippen LogP contribution in [0.15, 0.2) is 36.4 Å². The largest absolute Gasteiger partial charge is 0.508 e. The SMILES string of the molecule is COc1ccc(C(=O)Nc2ccc(O)cc2C)cc1F. The molecule has 2 rings (SSSR count). The maximum Gasteiger partial charge on any atom is 0.255 e. The number of halogens is 1. The molecule has 2 aromatic rings. The molecule has 0 aromatic heterocycles. The first-order valence-corrected chi connectivity index (χ1v) is 5.96. The molecule has 0 unspecified atom stereocenters. The Morgan fingerprint density at radius 3 is 2.60 bits per heavy atom. The van der Waals surface area contributed by atoms with Gasteiger partial charge in [0.05, 0.1) is 7.11 Å². The van der Waals surface area contributed by atoms with E-state index in [-0.39, 0.29) is 17.1 Å². The van der Waals surface area contributed by atoms with Gasteiger partial charge in [-0.05, 0) is 48.9 Å². The molecule has 0 saturated carbocycles. The first-order valence-electron chi connectivity index (χ1n) is 5.96. The highest BCUT2D eigenvalue weighted by atomic mass is 19.1. The van der Waals surface area contributed by atoms with E-state index in [2.05, 4.69) is 5.32 Å². The van der Waals surface area contributed by atoms with Crippen LogP contribution in [0.1, 0.15) is 15.9 Å². The summed E-state index contributed by atoms with van der Waals surface area (Å²) in [6.45, 7) is 1.75. The summed E-state index contributed by atoms with van der Waals surface area (Å²) in [4.78, 5) is 12.0. The van der Waals surface area contributed by atoms with Gasteiger partial charge in [0, 0.05) is 11.3 Å². The molecule has 0 fully saturated rings. The van der Waals surface area contributed by atoms with Crippen molar-refractivity contribution in [2.75, 3.05) is 12.4 Å². The van der Waals surface area contributed by atoms with E-state index >= 15 is 0 Å². The van der Waals surface area contributed by atoms with Crippen LogP contribution in [0.25, 0.3) is 0 Å². The molecule has 104 valence electrons. The smallest absolute Gasteiger partial charge is 0.255 e. The number of ether oxygens (including phenoxy) is 1. The highest BCUT2D eigenvalue weighted by molar-refractivity contribution is 6.04. The number of carbonyl (C=O) groups excluding carboxylic acids is 1. The van der Waals surface area contributed by atoms with Gasteiger partial charge in [0.2, 0.25) is 0 Å². The van der Waals surface area contributed by atoms with Crippen LogP contribution in [0.2, 0.25) is 0 Å². The van der Waals surface area contributed by atoms with Crippen LogP contribution >= 0.6 is 0 Å². The molecule has 0 aliphatic heterocycles. The van der Waals surface area contributed by atoms with E-state index in [1.807, 2.05) is 0 Å². The standard InChI is InChI=1S/C15H14FNO3/c1-9-7-11(18)4-5-13(9)17-15(19)10-3-6-14(20-2)12(16)8-10/h3-8,18H,1-2H3,(H,17,19). The van der Waals surface area contributed by atoms with Crippen LogP contribution in [0.4, 0.5) is 10.1 Å². The van der Waals surface area contributed by atoms with E-state index < -0.39 is 11.7 Å². The van der Waals surface area contributed by atoms with E-state index in [9.17, 15) is 14.3 Å². The van der Waals surface area contributed by atoms with Crippen LogP contribution < -0.4 is 10.1 Å². The molecule has 4 nitrogen and oxygen atoms in total. The topological polar surface area (TPSA) is 58.6 Å². The Morgan fingerprint density at radius 2 is 2.00 bits per heavy atom. The zero-order valence-corrected chi connectivity index (χ0v) is 11.1. The third-order valence-corrected chi connectivity index (χ3v) is 2.87. The number of nitrogens with one attached hydrogen (secondary N) is 1. The third kappa shape index (κ3) is 2.88. The predicted molar refractivity (Wildman–Crippen MR) is 73.7 cm³/mol. The summed E-state index contributed by atoms with van der Waals surface area (Å²) < 4.78 is 18.3. The Kier molecular flexibility index (Phi) is 3.89. The normalized spacial score (nSPS) is 10.2. The molecule has 5 heteroatoms. The van der Waals surface area contributed by atoms with Gasteiger partial charge in [-0.15, -0.1) is 0 Å². The van der Waals surface area contributed by atoms with Gasteiger partial charge in [0.15, 0.2) is 11.6 Å². The lowest BCUT2D eigenvalue weighted by molar-refractivity contribution is 0.102. The average molecular weight is 275 g/mol. The zero-order valence-electron chi connectivity index (χ0n) is 11.1. The van der Waals surface area contributed by atoms with Crippen molar-refractivity contribution in [3.05, 3.63) is 53.3 Å². The lowest BCUT2D eigenvalue weighted by atomic mass is 10.1. The number of hydrogen-bond donors (Lipinski definition) is 2. The summed E-state index contributed by atoms with van der Waals surface area (Å²) in [6, 6.07) is 8.58. The van der Waals surface area contributed by atoms with E-state index in [1.54, 1.807) is 13.0 Å². The molecule has 20 heavy (non-hydrogen) atoms. The summed E-state index contributed by atoms with van der Waals surface area (Å²) in [6.07, 6.45) is 0. The number of aromatic hydroxyl groups is 1. The lowest BCUT2D eigenvalue weighted by Crippen LogP contribution is -2.13. The molecule has 0 bridgehead atoms. The molecule has 0 heterocycles. The van der Waals surface area contributed by atoms with E-state index in [4.69, 9.17) is 4.74 Å². The monoisotopic (exact) mass is 275 g/mol. The number of aryl methyl sites for hydroxylation is 1. The molecule has 0 saturated heterocycles. The molecule has 0 atom stereocenters. The van der Waals surface area contributed by atoms with Crippen molar-refractivity contribution < 1.29 is 19.0 Å². The fourth-order valence-electron chi connectivity index (χ4n) is 1.79. The molecule has 2 N–H and O–H groups in total. The van der Waals surface area contributed by atoms with Gasteiger partial charge in [0.1, 0.15) is 5.75 Å². The highest BCUT2D eigenvalue weighted by Crippen LogP contribution is 2.22. The van der Waals surface area contributed by atoms with Gasteiger partial charge in [-0.3, -0.25) is 4.79 Å². The summed E-state index contributed by atoms with van der Waals surface area (Å²) in [5, 5.41) is 12.0. The molecule has 2 aromatic carbocycles. The van der Waals surface area contributed by atoms with Crippen molar-refractivity contribution in [2.24, 2.45) is 0 Å². The van der Waals surface area contributed by atoms with Crippen LogP contribution in [0, 0.1) is 12.7 Å². The first-order chi connectivity index (χ1) is 9.51. The molecule has 0 aliphatic rings. The summed E-state index contributed by atoms with van der Waals surface area (Å²) in [5.41, 5.74) is 1.46. The number of hydrogen-bond acceptors (Lipinski definition) is 3. The molecule has 0 spiro atoms. The number of benzene rings is 2. The minimum Gasteiger partial charge on any atom is -0.508 e. The van der Waals surface area contributed by atoms with E-state index in [0.29, 0.717) is 11.3 Å². The number of anilines is 1. The van der Waals surface area contributed by atoms with E-state index in [1.165, 1.54) is 31.4 Å². The molecule has 0 aliphatic carbocycles. The van der Waals surface area contributed by atoms with Gasteiger partial charge < -0.3 is 15.2 Å². The number of phenols is 1. The van der Waals surface area contributed by atoms with Crippen molar-refractivity contribution in [1.29, 1.82) is 0 Å². The zero-order chi connectivity index (χ0) is 14.7. The maximum atomic E-state index is 13.5. The minimum absolute atomic E-state index is 0.0855. The molecule has 0 radical (unpaired) electrons. The van der Waals surface area contributed by atoms with Crippen LogP contribution in [-0.4, -0.2) is 18.1 Å². The Labute approximate surface area is 115 Å². The van der Waals surface area contributed by atoms with Gasteiger partial charge in [-0.2, -0.15) is 0 Å². The Balaban J connectivity index is 2.21. The Morgan fingerprint density at radius 1 is 1.25 bits per heavy atom. The maximum absolute atomic E-state index is 13.5. The first kappa shape index (κ1) is 13.9. The van der Waals surface area contributed by atoms with Crippen molar-refractivity contribution in [2.45, 2.75) is 6.92 Å². The average Bonchev–Trinajstić information content (AvgIpc) is 2.41. The predicted octanol–water partition coefficient (Wildman–Crippen LogP) is 3.10. The lowest BCUT2D eigenvalue weighted by Gasteiger charge is -2.09. The van der Waals surface area contributed by atoms with Gasteiger partial charge in [0.25, 0.3) is 5.91 Å². The van der Waals surface area contributed by atoms with E-state index in [0.717, 1.165) is 6.07 Å². The quantitative estimate of drug-likeness (QED) is 0.846. The van der Waals surface area contributed by atoms with Crippen molar-refractivity contribution >= 4 is 11.6 Å². The number of phenolic OH excluding ortho intramolecular Hbond substituents is 1. The third-order valence-electron chi connectivity index (χ3n) is 2.87. The minimum atomic E-state index is -0.595. The second-order valence-electron chi connectivity index (χ2n) is 4.30. The van der Waals surface area contributed by atoms with Crippen LogP contribution in [0.3, 0.4) is 0 Å². The Hall–Kier alpha value is -2.56. The van der Waals surface area contributed by atoms with Crippen LogP contribution in [0.5, 0.6) is 11.5 Å². The fraction of sp³-hybridized carbons (Fsp3) is 0.133. The van der Waals surface area contributed by atoms with Crippen molar-refractivity contribution in [1.82, 2.24) is 0 Å². The summed E-state index contributed by atoms with van der Waals surface area (Å²) in [7, 11) is 1.36. The van der Waals surface area contributed by atoms with Gasteiger partial charge in [-0.25, -0.2) is 4.39 Å². The number of rotatable bonds is 3. The van der Waals surface area contributed by atoms with Crippen molar-refractivity contribution in [3.8, 4) is 11.5 Å². The summed E-state index contributed by atoms with van der Waals surface area (Å²) in [5.74, 6) is -0.818. The second-order valence-corrected chi connectivity index (χ2v) is 4.30. The van der Waals surface area contributed by atoms with Gasteiger partial charge >= 0.3 is 0 Å². The highest BCUT2D eigenvalue weighted by Gasteiger charge is 2.11. The fourth-order valence-corrected chi connectivity index (χ4v) is 1.79. The molecular formula is C15H14FNO3. The van der Waals surface area contributed by atoms with Crippen LogP contribution in [-0.2, 0) is 0 Å². The Bertz CT molecular complexity index is 656. The molecular weight excluding hydrogens is 261 g/mol. The number of carbonyl (C=O) groups is 1.